The van der Waals surface area contributed by atoms with Gasteiger partial charge >= 0.3 is 12.2 Å². The molecule has 0 aromatic heterocycles. The zero-order chi connectivity index (χ0) is 38.9. The maximum atomic E-state index is 12.9. The van der Waals surface area contributed by atoms with Crippen molar-refractivity contribution in [1.29, 1.82) is 0 Å². The highest BCUT2D eigenvalue weighted by Crippen LogP contribution is 2.50. The Kier molecular flexibility index (Phi) is 12.1. The lowest BCUT2D eigenvalue weighted by Crippen LogP contribution is -2.65. The normalized spacial score (nSPS) is 26.6. The third-order valence-electron chi connectivity index (χ3n) is 10.00. The van der Waals surface area contributed by atoms with E-state index in [0.717, 1.165) is 5.56 Å². The summed E-state index contributed by atoms with van der Waals surface area (Å²) >= 11 is 0. The number of benzene rings is 1. The fraction of sp³-hybridized carbons (Fsp3) is 0.692. The zero-order valence-electron chi connectivity index (χ0n) is 33.0. The Morgan fingerprint density at radius 2 is 1.15 bits per heavy atom. The van der Waals surface area contributed by atoms with E-state index >= 15 is 0 Å². The van der Waals surface area contributed by atoms with Gasteiger partial charge in [-0.25, -0.2) is 9.59 Å². The predicted octanol–water partition coefficient (Wildman–Crippen LogP) is 6.86. The third kappa shape index (κ3) is 9.60. The van der Waals surface area contributed by atoms with Gasteiger partial charge < -0.3 is 28.4 Å². The van der Waals surface area contributed by atoms with Crippen molar-refractivity contribution in [3.8, 4) is 0 Å². The molecule has 4 fully saturated rings. The fourth-order valence-corrected chi connectivity index (χ4v) is 8.88. The Bertz CT molecular complexity index is 1470. The molecule has 296 valence electrons. The predicted molar refractivity (Wildman–Crippen MR) is 199 cm³/mol. The van der Waals surface area contributed by atoms with Crippen LogP contribution >= 0.6 is 0 Å². The summed E-state index contributed by atoms with van der Waals surface area (Å²) in [5, 5.41) is 9.51. The maximum absolute atomic E-state index is 12.9. The molecule has 5 rings (SSSR count). The summed E-state index contributed by atoms with van der Waals surface area (Å²) in [6.45, 7) is 27.6. The summed E-state index contributed by atoms with van der Waals surface area (Å²) in [6.07, 6.45) is 3.61. The number of amides is 2. The standard InChI is InChI=1S/C39H60N4O10/c1-12-16-50-42-34(4,5)23-38(24-35(42,6)7)48-21-29(52-38)19-46-32(44)40-28-15-14-27(3)31(18-28)41-33(45)47-20-30-22-49-39(53-30)25-36(8,9)43(51-17-13-2)37(10,11)26-39/h12-15,18,29-30H,1-2,16-17,19-26H2,3-11H3,(H,40,44)(H,41,45). The van der Waals surface area contributed by atoms with Crippen molar-refractivity contribution in [2.45, 2.75) is 134 Å². The summed E-state index contributed by atoms with van der Waals surface area (Å²) in [6, 6.07) is 5.15. The first kappa shape index (κ1) is 41.1. The van der Waals surface area contributed by atoms with E-state index in [0.29, 0.717) is 63.5 Å². The molecule has 1 aromatic carbocycles. The molecule has 1 aromatic rings. The van der Waals surface area contributed by atoms with E-state index in [1.807, 2.05) is 17.1 Å². The number of anilines is 2. The molecule has 0 saturated carbocycles. The van der Waals surface area contributed by atoms with Crippen LogP contribution in [0, 0.1) is 6.92 Å². The van der Waals surface area contributed by atoms with Crippen LogP contribution in [0.4, 0.5) is 21.0 Å². The van der Waals surface area contributed by atoms with E-state index in [4.69, 9.17) is 38.1 Å². The van der Waals surface area contributed by atoms with Gasteiger partial charge in [-0.1, -0.05) is 18.2 Å². The van der Waals surface area contributed by atoms with Gasteiger partial charge in [-0.05, 0) is 80.0 Å². The molecule has 2 atom stereocenters. The number of rotatable bonds is 12. The van der Waals surface area contributed by atoms with E-state index in [9.17, 15) is 9.59 Å². The SMILES string of the molecule is C=CCON1C(C)(C)CC2(CC1(C)C)OCC(COC(=O)Nc1ccc(C)c(NC(=O)OCC3COC4(CC(C)(C)N(OCC=C)C(C)(C)C4)O3)c1)O2. The van der Waals surface area contributed by atoms with Gasteiger partial charge in [0, 0.05) is 59.2 Å². The van der Waals surface area contributed by atoms with Crippen LogP contribution in [0.15, 0.2) is 43.5 Å². The molecule has 0 radical (unpaired) electrons. The quantitative estimate of drug-likeness (QED) is 0.216. The minimum absolute atomic E-state index is 0.0129. The van der Waals surface area contributed by atoms with Gasteiger partial charge in [0.1, 0.15) is 25.4 Å². The average Bonchev–Trinajstić information content (AvgIpc) is 3.60. The van der Waals surface area contributed by atoms with Gasteiger partial charge in [-0.15, -0.1) is 13.2 Å². The average molecular weight is 745 g/mol. The van der Waals surface area contributed by atoms with E-state index < -0.39 is 36.0 Å². The maximum Gasteiger partial charge on any atom is 0.411 e. The Balaban J connectivity index is 1.08. The summed E-state index contributed by atoms with van der Waals surface area (Å²) in [4.78, 5) is 37.7. The van der Waals surface area contributed by atoms with Crippen LogP contribution in [-0.2, 0) is 38.1 Å². The van der Waals surface area contributed by atoms with Gasteiger partial charge in [0.2, 0.25) is 0 Å². The molecule has 0 aliphatic carbocycles. The Morgan fingerprint density at radius 3 is 1.57 bits per heavy atom. The van der Waals surface area contributed by atoms with Crippen molar-refractivity contribution in [3.63, 3.8) is 0 Å². The highest BCUT2D eigenvalue weighted by Gasteiger charge is 2.59. The molecule has 2 amide bonds. The van der Waals surface area contributed by atoms with Crippen molar-refractivity contribution >= 4 is 23.6 Å². The monoisotopic (exact) mass is 744 g/mol. The van der Waals surface area contributed by atoms with E-state index in [1.54, 1.807) is 30.4 Å². The number of nitrogens with one attached hydrogen (secondary N) is 2. The Labute approximate surface area is 314 Å². The van der Waals surface area contributed by atoms with Gasteiger partial charge in [0.25, 0.3) is 0 Å². The topological polar surface area (TPSA) is 139 Å². The zero-order valence-corrected chi connectivity index (χ0v) is 33.0. The van der Waals surface area contributed by atoms with Crippen LogP contribution in [0.2, 0.25) is 0 Å². The fourth-order valence-electron chi connectivity index (χ4n) is 8.88. The van der Waals surface area contributed by atoms with Crippen LogP contribution in [0.1, 0.15) is 86.6 Å². The second kappa shape index (κ2) is 15.6. The molecule has 0 bridgehead atoms. The highest BCUT2D eigenvalue weighted by molar-refractivity contribution is 5.89. The number of hydrogen-bond acceptors (Lipinski definition) is 12. The number of aryl methyl sites for hydroxylation is 1. The number of carbonyl (C=O) groups excluding carboxylic acids is 2. The number of hydroxylamine groups is 4. The summed E-state index contributed by atoms with van der Waals surface area (Å²) in [7, 11) is 0. The minimum atomic E-state index is -0.818. The Morgan fingerprint density at radius 1 is 0.736 bits per heavy atom. The van der Waals surface area contributed by atoms with Gasteiger partial charge in [0.05, 0.1) is 26.4 Å². The van der Waals surface area contributed by atoms with Crippen molar-refractivity contribution in [3.05, 3.63) is 49.1 Å². The molecule has 53 heavy (non-hydrogen) atoms. The largest absolute Gasteiger partial charge is 0.446 e. The number of carbonyl (C=O) groups is 2. The molecular weight excluding hydrogens is 684 g/mol. The number of nitrogens with zero attached hydrogens (tertiary/aromatic N) is 2. The Hall–Kier alpha value is -3.08. The van der Waals surface area contributed by atoms with Crippen LogP contribution in [0.25, 0.3) is 0 Å². The molecular formula is C39H60N4O10. The van der Waals surface area contributed by atoms with E-state index in [2.05, 4.69) is 79.2 Å². The molecule has 4 aliphatic rings. The van der Waals surface area contributed by atoms with Crippen molar-refractivity contribution in [1.82, 2.24) is 10.1 Å². The number of hydrogen-bond donors (Lipinski definition) is 2. The minimum Gasteiger partial charge on any atom is -0.446 e. The second-order valence-corrected chi connectivity index (χ2v) is 17.1. The smallest absolute Gasteiger partial charge is 0.411 e. The molecule has 2 spiro atoms. The summed E-state index contributed by atoms with van der Waals surface area (Å²) in [5.74, 6) is -1.64. The van der Waals surface area contributed by atoms with Gasteiger partial charge in [-0.3, -0.25) is 20.3 Å². The van der Waals surface area contributed by atoms with Gasteiger partial charge in [-0.2, -0.15) is 10.1 Å². The molecule has 14 nitrogen and oxygen atoms in total. The van der Waals surface area contributed by atoms with Crippen LogP contribution in [-0.4, -0.2) is 108 Å². The molecule has 2 unspecified atom stereocenters. The first-order valence-corrected chi connectivity index (χ1v) is 18.4. The lowest BCUT2D eigenvalue weighted by Gasteiger charge is -2.56. The molecule has 4 aliphatic heterocycles. The van der Waals surface area contributed by atoms with Crippen molar-refractivity contribution in [2.75, 3.05) is 50.3 Å². The van der Waals surface area contributed by atoms with Crippen LogP contribution in [0.5, 0.6) is 0 Å². The van der Waals surface area contributed by atoms with Crippen LogP contribution < -0.4 is 10.6 Å². The highest BCUT2D eigenvalue weighted by atomic mass is 16.8. The van der Waals surface area contributed by atoms with Crippen LogP contribution in [0.3, 0.4) is 0 Å². The molecule has 4 heterocycles. The second-order valence-electron chi connectivity index (χ2n) is 17.1. The molecule has 2 N–H and O–H groups in total. The van der Waals surface area contributed by atoms with Crippen molar-refractivity contribution < 1.29 is 47.7 Å². The first-order valence-electron chi connectivity index (χ1n) is 18.4. The molecule has 14 heteroatoms. The van der Waals surface area contributed by atoms with E-state index in [1.165, 1.54) is 0 Å². The summed E-state index contributed by atoms with van der Waals surface area (Å²) < 4.78 is 36.4. The number of ether oxygens (including phenoxy) is 6. The molecule has 4 saturated heterocycles. The third-order valence-corrected chi connectivity index (χ3v) is 10.00. The first-order chi connectivity index (χ1) is 24.7. The van der Waals surface area contributed by atoms with Gasteiger partial charge in [0.15, 0.2) is 11.6 Å². The van der Waals surface area contributed by atoms with E-state index in [-0.39, 0.29) is 35.4 Å². The van der Waals surface area contributed by atoms with Crippen molar-refractivity contribution in [2.24, 2.45) is 0 Å². The lowest BCUT2D eigenvalue weighted by atomic mass is 9.78. The summed E-state index contributed by atoms with van der Waals surface area (Å²) in [5.41, 5.74) is 0.187. The lowest BCUT2D eigenvalue weighted by molar-refractivity contribution is -0.334. The number of piperidine rings is 2.